The Kier molecular flexibility index (Phi) is 9.69. The molecule has 6 rings (SSSR count). The van der Waals surface area contributed by atoms with Crippen LogP contribution in [0.2, 0.25) is 0 Å². The maximum absolute atomic E-state index is 13.7. The van der Waals surface area contributed by atoms with Crippen molar-refractivity contribution in [2.45, 2.75) is 31.2 Å². The highest BCUT2D eigenvalue weighted by atomic mass is 32.2. The van der Waals surface area contributed by atoms with Crippen molar-refractivity contribution in [3.05, 3.63) is 107 Å². The van der Waals surface area contributed by atoms with E-state index in [1.54, 1.807) is 60.3 Å². The Labute approximate surface area is 282 Å². The second kappa shape index (κ2) is 13.9. The standard InChI is InChI=1S/C34H31FN4O5S3/c1-2-44-33(41)24-15-17-37(18-16-24)47(42,43)29-10-6-7-25(19-29)31-26(22-39(36-31)28-8-4-3-5-9-28)20-30-32(40)38(34(45)46-30)21-23-11-13-27(35)14-12-23/h3-14,19-20,22,24H,2,15-18,21H2,1H3/b30-20-. The molecular weight excluding hydrogens is 660 g/mol. The van der Waals surface area contributed by atoms with Crippen LogP contribution in [0.15, 0.2) is 94.9 Å². The molecule has 0 atom stereocenters. The van der Waals surface area contributed by atoms with Crippen molar-refractivity contribution in [1.29, 1.82) is 0 Å². The molecule has 9 nitrogen and oxygen atoms in total. The molecule has 3 heterocycles. The summed E-state index contributed by atoms with van der Waals surface area (Å²) in [5.41, 5.74) is 3.15. The summed E-state index contributed by atoms with van der Waals surface area (Å²) < 4.78 is 49.5. The van der Waals surface area contributed by atoms with Gasteiger partial charge in [0.1, 0.15) is 15.8 Å². The second-order valence-corrected chi connectivity index (χ2v) is 14.7. The number of nitrogens with zero attached hydrogens (tertiary/aromatic N) is 4. The Morgan fingerprint density at radius 1 is 1.06 bits per heavy atom. The first-order chi connectivity index (χ1) is 22.6. The van der Waals surface area contributed by atoms with E-state index in [4.69, 9.17) is 22.1 Å². The Balaban J connectivity index is 1.31. The fourth-order valence-corrected chi connectivity index (χ4v) is 8.29. The summed E-state index contributed by atoms with van der Waals surface area (Å²) in [5.74, 6) is -1.26. The highest BCUT2D eigenvalue weighted by Gasteiger charge is 2.34. The molecule has 0 radical (unpaired) electrons. The monoisotopic (exact) mass is 690 g/mol. The van der Waals surface area contributed by atoms with E-state index < -0.39 is 10.0 Å². The molecule has 0 unspecified atom stereocenters. The van der Waals surface area contributed by atoms with Gasteiger partial charge in [0.25, 0.3) is 5.91 Å². The number of carbonyl (C=O) groups excluding carboxylic acids is 2. The van der Waals surface area contributed by atoms with Crippen molar-refractivity contribution < 1.29 is 27.1 Å². The fraction of sp³-hybridized carbons (Fsp3) is 0.235. The summed E-state index contributed by atoms with van der Waals surface area (Å²) in [7, 11) is -3.86. The number of piperidine rings is 1. The Morgan fingerprint density at radius 2 is 1.79 bits per heavy atom. The Bertz CT molecular complexity index is 1950. The van der Waals surface area contributed by atoms with E-state index in [1.807, 2.05) is 30.3 Å². The first kappa shape index (κ1) is 32.8. The van der Waals surface area contributed by atoms with E-state index in [-0.39, 0.29) is 54.7 Å². The molecule has 47 heavy (non-hydrogen) atoms. The number of sulfonamides is 1. The van der Waals surface area contributed by atoms with Crippen LogP contribution in [0, 0.1) is 11.7 Å². The summed E-state index contributed by atoms with van der Waals surface area (Å²) in [5, 5.41) is 4.82. The number of rotatable bonds is 9. The van der Waals surface area contributed by atoms with Crippen LogP contribution < -0.4 is 0 Å². The van der Waals surface area contributed by atoms with Gasteiger partial charge in [0.2, 0.25) is 10.0 Å². The van der Waals surface area contributed by atoms with Crippen molar-refractivity contribution in [3.8, 4) is 16.9 Å². The quantitative estimate of drug-likeness (QED) is 0.119. The van der Waals surface area contributed by atoms with E-state index in [9.17, 15) is 22.4 Å². The van der Waals surface area contributed by atoms with Crippen LogP contribution in [-0.4, -0.2) is 63.3 Å². The lowest BCUT2D eigenvalue weighted by molar-refractivity contribution is -0.149. The number of amides is 1. The van der Waals surface area contributed by atoms with Crippen molar-refractivity contribution >= 4 is 56.3 Å². The minimum Gasteiger partial charge on any atom is -0.466 e. The molecule has 0 aliphatic carbocycles. The maximum atomic E-state index is 13.7. The fourth-order valence-electron chi connectivity index (χ4n) is 5.53. The number of aromatic nitrogens is 2. The van der Waals surface area contributed by atoms with Gasteiger partial charge in [0.05, 0.1) is 34.6 Å². The van der Waals surface area contributed by atoms with Gasteiger partial charge < -0.3 is 4.74 Å². The van der Waals surface area contributed by atoms with Crippen molar-refractivity contribution in [3.63, 3.8) is 0 Å². The van der Waals surface area contributed by atoms with Gasteiger partial charge in [-0.1, -0.05) is 66.4 Å². The number of para-hydroxylation sites is 1. The third-order valence-electron chi connectivity index (χ3n) is 8.00. The van der Waals surface area contributed by atoms with E-state index in [0.717, 1.165) is 23.0 Å². The zero-order valence-electron chi connectivity index (χ0n) is 25.4. The second-order valence-electron chi connectivity index (χ2n) is 11.1. The van der Waals surface area contributed by atoms with Gasteiger partial charge in [-0.15, -0.1) is 0 Å². The van der Waals surface area contributed by atoms with Crippen molar-refractivity contribution in [1.82, 2.24) is 19.0 Å². The summed E-state index contributed by atoms with van der Waals surface area (Å²) >= 11 is 6.70. The van der Waals surface area contributed by atoms with Crippen LogP contribution in [0.1, 0.15) is 30.9 Å². The first-order valence-electron chi connectivity index (χ1n) is 15.1. The van der Waals surface area contributed by atoms with Crippen LogP contribution in [0.5, 0.6) is 0 Å². The van der Waals surface area contributed by atoms with Gasteiger partial charge in [-0.3, -0.25) is 14.5 Å². The molecule has 0 bridgehead atoms. The maximum Gasteiger partial charge on any atom is 0.309 e. The first-order valence-corrected chi connectivity index (χ1v) is 17.7. The molecule has 242 valence electrons. The predicted octanol–water partition coefficient (Wildman–Crippen LogP) is 6.04. The van der Waals surface area contributed by atoms with E-state index in [0.29, 0.717) is 38.9 Å². The average Bonchev–Trinajstić information content (AvgIpc) is 3.62. The summed E-state index contributed by atoms with van der Waals surface area (Å²) in [6.07, 6.45) is 4.29. The molecule has 2 fully saturated rings. The number of halogens is 1. The third-order valence-corrected chi connectivity index (χ3v) is 11.3. The number of hydrogen-bond donors (Lipinski definition) is 0. The van der Waals surface area contributed by atoms with Gasteiger partial charge in [-0.2, -0.15) is 9.40 Å². The van der Waals surface area contributed by atoms with Crippen LogP contribution in [0.25, 0.3) is 23.0 Å². The smallest absolute Gasteiger partial charge is 0.309 e. The topological polar surface area (TPSA) is 102 Å². The van der Waals surface area contributed by atoms with Crippen molar-refractivity contribution in [2.24, 2.45) is 5.92 Å². The minimum atomic E-state index is -3.86. The molecule has 2 aliphatic heterocycles. The van der Waals surface area contributed by atoms with E-state index in [1.165, 1.54) is 21.3 Å². The molecule has 0 N–H and O–H groups in total. The number of benzene rings is 3. The van der Waals surface area contributed by atoms with E-state index >= 15 is 0 Å². The SMILES string of the molecule is CCOC(=O)C1CCN(S(=O)(=O)c2cccc(-c3nn(-c4ccccc4)cc3/C=C3\SC(=S)N(Cc4ccc(F)cc4)C3=O)c2)CC1. The van der Waals surface area contributed by atoms with E-state index in [2.05, 4.69) is 0 Å². The minimum absolute atomic E-state index is 0.107. The van der Waals surface area contributed by atoms with Gasteiger partial charge in [0.15, 0.2) is 0 Å². The lowest BCUT2D eigenvalue weighted by Gasteiger charge is -2.30. The zero-order chi connectivity index (χ0) is 33.1. The van der Waals surface area contributed by atoms with Crippen LogP contribution in [0.4, 0.5) is 4.39 Å². The Hall–Kier alpha value is -4.17. The highest BCUT2D eigenvalue weighted by Crippen LogP contribution is 2.36. The summed E-state index contributed by atoms with van der Waals surface area (Å²) in [4.78, 5) is 27.7. The normalized spacial score (nSPS) is 17.1. The molecular formula is C34H31FN4O5S3. The largest absolute Gasteiger partial charge is 0.466 e. The molecule has 13 heteroatoms. The highest BCUT2D eigenvalue weighted by molar-refractivity contribution is 8.26. The van der Waals surface area contributed by atoms with Gasteiger partial charge in [0, 0.05) is 30.4 Å². The molecule has 2 saturated heterocycles. The zero-order valence-corrected chi connectivity index (χ0v) is 27.9. The lowest BCUT2D eigenvalue weighted by Crippen LogP contribution is -2.40. The van der Waals surface area contributed by atoms with Crippen LogP contribution >= 0.6 is 24.0 Å². The Morgan fingerprint density at radius 3 is 2.49 bits per heavy atom. The molecule has 2 aliphatic rings. The molecule has 3 aromatic carbocycles. The number of thioether (sulfide) groups is 1. The molecule has 1 aromatic heterocycles. The summed E-state index contributed by atoms with van der Waals surface area (Å²) in [6, 6.07) is 21.9. The van der Waals surface area contributed by atoms with Gasteiger partial charge in [-0.25, -0.2) is 17.5 Å². The molecule has 4 aromatic rings. The number of hydrogen-bond acceptors (Lipinski definition) is 8. The lowest BCUT2D eigenvalue weighted by atomic mass is 9.98. The number of esters is 1. The average molecular weight is 691 g/mol. The molecule has 0 saturated carbocycles. The third kappa shape index (κ3) is 7.08. The predicted molar refractivity (Wildman–Crippen MR) is 182 cm³/mol. The van der Waals surface area contributed by atoms with Crippen LogP contribution in [-0.2, 0) is 30.9 Å². The number of thiocarbonyl (C=S) groups is 1. The number of carbonyl (C=O) groups is 2. The summed E-state index contributed by atoms with van der Waals surface area (Å²) in [6.45, 7) is 2.67. The van der Waals surface area contributed by atoms with Crippen LogP contribution in [0.3, 0.4) is 0 Å². The van der Waals surface area contributed by atoms with Gasteiger partial charge in [-0.05, 0) is 67.8 Å². The number of ether oxygens (including phenoxy) is 1. The van der Waals surface area contributed by atoms with Gasteiger partial charge >= 0.3 is 5.97 Å². The molecule has 1 amide bonds. The van der Waals surface area contributed by atoms with Crippen molar-refractivity contribution in [2.75, 3.05) is 19.7 Å². The molecule has 0 spiro atoms.